The van der Waals surface area contributed by atoms with E-state index in [-0.39, 0.29) is 0 Å². The van der Waals surface area contributed by atoms with Crippen LogP contribution in [0.2, 0.25) is 0 Å². The van der Waals surface area contributed by atoms with Gasteiger partial charge in [0, 0.05) is 12.1 Å². The van der Waals surface area contributed by atoms with Crippen molar-refractivity contribution in [3.8, 4) is 0 Å². The Balaban J connectivity index is 2.17. The second-order valence-corrected chi connectivity index (χ2v) is 2.71. The van der Waals surface area contributed by atoms with Crippen molar-refractivity contribution in [2.24, 2.45) is 0 Å². The van der Waals surface area contributed by atoms with Gasteiger partial charge in [0.2, 0.25) is 0 Å². The first-order chi connectivity index (χ1) is 3.95. The Morgan fingerprint density at radius 1 is 1.38 bits per heavy atom. The van der Waals surface area contributed by atoms with Crippen molar-refractivity contribution in [2.45, 2.75) is 31.3 Å². The van der Waals surface area contributed by atoms with E-state index >= 15 is 0 Å². The number of hydrogen-bond acceptors (Lipinski definition) is 1. The van der Waals surface area contributed by atoms with Gasteiger partial charge in [0.05, 0.1) is 0 Å². The summed E-state index contributed by atoms with van der Waals surface area (Å²) in [6.07, 6.45) is 8.61. The fraction of sp³-hybridized carbons (Fsp3) is 0.714. The van der Waals surface area contributed by atoms with Crippen LogP contribution in [-0.2, 0) is 0 Å². The van der Waals surface area contributed by atoms with Crippen LogP contribution in [0.25, 0.3) is 0 Å². The van der Waals surface area contributed by atoms with Crippen molar-refractivity contribution in [1.29, 1.82) is 0 Å². The lowest BCUT2D eigenvalue weighted by Gasteiger charge is -2.13. The summed E-state index contributed by atoms with van der Waals surface area (Å²) in [6.45, 7) is 0. The van der Waals surface area contributed by atoms with Gasteiger partial charge in [-0.3, -0.25) is 0 Å². The Hall–Kier alpha value is -0.300. The quantitative estimate of drug-likeness (QED) is 0.459. The van der Waals surface area contributed by atoms with Crippen LogP contribution in [0.1, 0.15) is 19.3 Å². The molecule has 0 radical (unpaired) electrons. The second-order valence-electron chi connectivity index (χ2n) is 2.71. The van der Waals surface area contributed by atoms with Gasteiger partial charge in [-0.2, -0.15) is 0 Å². The molecule has 0 amide bonds. The minimum absolute atomic E-state index is 0.730. The van der Waals surface area contributed by atoms with E-state index in [1.165, 1.54) is 19.3 Å². The number of hydrogen-bond donors (Lipinski definition) is 1. The lowest BCUT2D eigenvalue weighted by Crippen LogP contribution is -2.30. The standard InChI is InChI=1S/C7H11N/c1-2-6-4-5-7(3-1)8-6/h1-2,6-8H,3-5H2/t6-,7-/m1/s1. The molecule has 0 aromatic rings. The molecule has 1 nitrogen and oxygen atoms in total. The van der Waals surface area contributed by atoms with Crippen LogP contribution in [0.3, 0.4) is 0 Å². The molecule has 1 N–H and O–H groups in total. The van der Waals surface area contributed by atoms with Gasteiger partial charge in [0.15, 0.2) is 0 Å². The molecule has 2 heterocycles. The maximum atomic E-state index is 3.50. The third kappa shape index (κ3) is 0.583. The highest BCUT2D eigenvalue weighted by molar-refractivity contribution is 5.06. The number of fused-ring (bicyclic) bond motifs is 2. The van der Waals surface area contributed by atoms with Gasteiger partial charge in [-0.1, -0.05) is 12.2 Å². The highest BCUT2D eigenvalue weighted by Crippen LogP contribution is 2.20. The van der Waals surface area contributed by atoms with Gasteiger partial charge in [0.1, 0.15) is 0 Å². The molecular weight excluding hydrogens is 98.1 g/mol. The summed E-state index contributed by atoms with van der Waals surface area (Å²) in [4.78, 5) is 0. The first kappa shape index (κ1) is 4.57. The molecule has 0 aliphatic carbocycles. The van der Waals surface area contributed by atoms with Crippen LogP contribution in [0.15, 0.2) is 12.2 Å². The van der Waals surface area contributed by atoms with Crippen molar-refractivity contribution in [1.82, 2.24) is 5.32 Å². The first-order valence-electron chi connectivity index (χ1n) is 3.38. The molecule has 2 aliphatic rings. The van der Waals surface area contributed by atoms with Crippen molar-refractivity contribution in [3.63, 3.8) is 0 Å². The van der Waals surface area contributed by atoms with E-state index < -0.39 is 0 Å². The van der Waals surface area contributed by atoms with Crippen LogP contribution in [0, 0.1) is 0 Å². The summed E-state index contributed by atoms with van der Waals surface area (Å²) < 4.78 is 0. The lowest BCUT2D eigenvalue weighted by atomic mass is 10.2. The normalized spacial score (nSPS) is 43.0. The van der Waals surface area contributed by atoms with Gasteiger partial charge in [0.25, 0.3) is 0 Å². The van der Waals surface area contributed by atoms with Crippen LogP contribution in [-0.4, -0.2) is 12.1 Å². The average Bonchev–Trinajstić information content (AvgIpc) is 2.12. The molecule has 2 atom stereocenters. The Morgan fingerprint density at radius 2 is 2.38 bits per heavy atom. The molecule has 0 aromatic carbocycles. The summed E-state index contributed by atoms with van der Waals surface area (Å²) >= 11 is 0. The highest BCUT2D eigenvalue weighted by atomic mass is 15.0. The maximum absolute atomic E-state index is 3.50. The Bertz CT molecular complexity index is 118. The molecule has 0 saturated carbocycles. The zero-order valence-electron chi connectivity index (χ0n) is 4.93. The SMILES string of the molecule is C1=C[C@@H]2CC[C@@H](C1)N2. The molecule has 8 heavy (non-hydrogen) atoms. The summed E-state index contributed by atoms with van der Waals surface area (Å²) in [7, 11) is 0. The van der Waals surface area contributed by atoms with Crippen LogP contribution < -0.4 is 5.32 Å². The lowest BCUT2D eigenvalue weighted by molar-refractivity contribution is 0.566. The Labute approximate surface area is 49.8 Å². The van der Waals surface area contributed by atoms with Gasteiger partial charge < -0.3 is 5.32 Å². The minimum atomic E-state index is 0.730. The topological polar surface area (TPSA) is 12.0 Å². The fourth-order valence-electron chi connectivity index (χ4n) is 1.59. The van der Waals surface area contributed by atoms with Gasteiger partial charge in [-0.25, -0.2) is 0 Å². The van der Waals surface area contributed by atoms with Gasteiger partial charge >= 0.3 is 0 Å². The van der Waals surface area contributed by atoms with E-state index in [0.717, 1.165) is 12.1 Å². The van der Waals surface area contributed by atoms with Gasteiger partial charge in [-0.05, 0) is 19.3 Å². The van der Waals surface area contributed by atoms with Crippen molar-refractivity contribution >= 4 is 0 Å². The summed E-state index contributed by atoms with van der Waals surface area (Å²) in [5.74, 6) is 0. The van der Waals surface area contributed by atoms with E-state index in [0.29, 0.717) is 0 Å². The Kier molecular flexibility index (Phi) is 0.908. The molecule has 44 valence electrons. The van der Waals surface area contributed by atoms with Crippen molar-refractivity contribution < 1.29 is 0 Å². The maximum Gasteiger partial charge on any atom is 0.0253 e. The zero-order valence-corrected chi connectivity index (χ0v) is 4.93. The predicted octanol–water partition coefficient (Wildman–Crippen LogP) is 1.07. The fourth-order valence-corrected chi connectivity index (χ4v) is 1.59. The minimum Gasteiger partial charge on any atom is -0.307 e. The number of rotatable bonds is 0. The van der Waals surface area contributed by atoms with Crippen molar-refractivity contribution in [3.05, 3.63) is 12.2 Å². The molecule has 1 fully saturated rings. The van der Waals surface area contributed by atoms with E-state index in [9.17, 15) is 0 Å². The van der Waals surface area contributed by atoms with Crippen LogP contribution in [0.5, 0.6) is 0 Å². The van der Waals surface area contributed by atoms with E-state index in [4.69, 9.17) is 0 Å². The third-order valence-corrected chi connectivity index (χ3v) is 2.06. The smallest absolute Gasteiger partial charge is 0.0253 e. The summed E-state index contributed by atoms with van der Waals surface area (Å²) in [6, 6.07) is 1.55. The molecule has 2 aliphatic heterocycles. The molecule has 0 spiro atoms. The zero-order chi connectivity index (χ0) is 5.40. The number of nitrogens with one attached hydrogen (secondary N) is 1. The van der Waals surface area contributed by atoms with E-state index in [2.05, 4.69) is 17.5 Å². The Morgan fingerprint density at radius 3 is 3.12 bits per heavy atom. The summed E-state index contributed by atoms with van der Waals surface area (Å²) in [5, 5.41) is 3.50. The summed E-state index contributed by atoms with van der Waals surface area (Å²) in [5.41, 5.74) is 0. The van der Waals surface area contributed by atoms with E-state index in [1.807, 2.05) is 0 Å². The highest BCUT2D eigenvalue weighted by Gasteiger charge is 2.23. The average molecular weight is 109 g/mol. The largest absolute Gasteiger partial charge is 0.307 e. The van der Waals surface area contributed by atoms with Crippen LogP contribution >= 0.6 is 0 Å². The monoisotopic (exact) mass is 109 g/mol. The van der Waals surface area contributed by atoms with Crippen molar-refractivity contribution in [2.75, 3.05) is 0 Å². The molecule has 0 aromatic heterocycles. The van der Waals surface area contributed by atoms with Crippen LogP contribution in [0.4, 0.5) is 0 Å². The molecule has 2 rings (SSSR count). The molecular formula is C7H11N. The first-order valence-corrected chi connectivity index (χ1v) is 3.38. The molecule has 1 heteroatoms. The second kappa shape index (κ2) is 1.59. The van der Waals surface area contributed by atoms with Gasteiger partial charge in [-0.15, -0.1) is 0 Å². The molecule has 0 unspecified atom stereocenters. The van der Waals surface area contributed by atoms with E-state index in [1.54, 1.807) is 0 Å². The molecule has 1 saturated heterocycles. The third-order valence-electron chi connectivity index (χ3n) is 2.06. The predicted molar refractivity (Wildman–Crippen MR) is 33.7 cm³/mol. The molecule has 2 bridgehead atoms.